The van der Waals surface area contributed by atoms with Crippen LogP contribution in [0.3, 0.4) is 0 Å². The number of thiophene rings is 2. The summed E-state index contributed by atoms with van der Waals surface area (Å²) in [5.74, 6) is 0.839. The van der Waals surface area contributed by atoms with Crippen LogP contribution in [-0.2, 0) is 13.0 Å². The molecule has 0 radical (unpaired) electrons. The lowest BCUT2D eigenvalue weighted by molar-refractivity contribution is -0.942. The molecule has 1 unspecified atom stereocenters. The molecule has 0 bridgehead atoms. The number of fused-ring (bicyclic) bond motifs is 2. The first-order chi connectivity index (χ1) is 11.9. The maximum atomic E-state index is 5.98. The third kappa shape index (κ3) is 2.40. The van der Waals surface area contributed by atoms with E-state index < -0.39 is 0 Å². The lowest BCUT2D eigenvalue weighted by atomic mass is 9.98. The zero-order valence-corrected chi connectivity index (χ0v) is 14.7. The van der Waals surface area contributed by atoms with E-state index in [0.29, 0.717) is 6.04 Å². The summed E-state index contributed by atoms with van der Waals surface area (Å²) in [6.45, 7) is 1.95. The number of benzene rings is 1. The second kappa shape index (κ2) is 5.84. The van der Waals surface area contributed by atoms with E-state index in [9.17, 15) is 0 Å². The highest BCUT2D eigenvalue weighted by Crippen LogP contribution is 2.32. The van der Waals surface area contributed by atoms with E-state index in [0.717, 1.165) is 36.5 Å². The van der Waals surface area contributed by atoms with Crippen molar-refractivity contribution in [2.45, 2.75) is 19.0 Å². The van der Waals surface area contributed by atoms with Crippen LogP contribution in [0.25, 0.3) is 11.1 Å². The molecule has 4 aromatic rings. The van der Waals surface area contributed by atoms with Gasteiger partial charge in [0.1, 0.15) is 11.6 Å². The fourth-order valence-electron chi connectivity index (χ4n) is 3.64. The first kappa shape index (κ1) is 14.4. The van der Waals surface area contributed by atoms with E-state index in [2.05, 4.69) is 33.9 Å². The molecule has 120 valence electrons. The molecule has 1 aliphatic heterocycles. The van der Waals surface area contributed by atoms with Gasteiger partial charge in [0.2, 0.25) is 0 Å². The SMILES string of the molecule is c1csc([C@H]2c3ccsc3CC[NH+]2Cc2nc3ccccc3o2)c1. The minimum Gasteiger partial charge on any atom is -0.435 e. The van der Waals surface area contributed by atoms with E-state index in [1.54, 1.807) is 0 Å². The number of rotatable bonds is 3. The first-order valence-electron chi connectivity index (χ1n) is 8.17. The molecule has 5 rings (SSSR count). The largest absolute Gasteiger partial charge is 0.435 e. The standard InChI is InChI=1S/C19H16N2OS2/c1-2-5-15-14(4-1)20-18(22-15)12-21-9-7-16-13(8-11-24-16)19(21)17-6-3-10-23-17/h1-6,8,10-11,19H,7,9,12H2/p+1/t19-/m1/s1. The second-order valence-electron chi connectivity index (χ2n) is 6.16. The van der Waals surface area contributed by atoms with Crippen LogP contribution in [0.4, 0.5) is 0 Å². The van der Waals surface area contributed by atoms with Crippen LogP contribution in [0, 0.1) is 0 Å². The summed E-state index contributed by atoms with van der Waals surface area (Å²) in [6, 6.07) is 15.1. The van der Waals surface area contributed by atoms with Crippen molar-refractivity contribution in [3.63, 3.8) is 0 Å². The van der Waals surface area contributed by atoms with E-state index in [1.165, 1.54) is 20.2 Å². The highest BCUT2D eigenvalue weighted by atomic mass is 32.1. The second-order valence-corrected chi connectivity index (χ2v) is 8.14. The third-order valence-corrected chi connectivity index (χ3v) is 6.65. The Balaban J connectivity index is 1.52. The molecule has 3 aromatic heterocycles. The molecule has 0 saturated heterocycles. The molecule has 0 spiro atoms. The van der Waals surface area contributed by atoms with Crippen LogP contribution in [0.1, 0.15) is 27.3 Å². The Bertz CT molecular complexity index is 937. The molecule has 1 aromatic carbocycles. The van der Waals surface area contributed by atoms with Crippen LogP contribution in [0.5, 0.6) is 0 Å². The number of hydrogen-bond acceptors (Lipinski definition) is 4. The summed E-state index contributed by atoms with van der Waals surface area (Å²) in [6.07, 6.45) is 1.14. The Hall–Kier alpha value is -1.95. The average molecular weight is 353 g/mol. The van der Waals surface area contributed by atoms with Gasteiger partial charge in [-0.15, -0.1) is 22.7 Å². The average Bonchev–Trinajstić information content (AvgIpc) is 3.34. The van der Waals surface area contributed by atoms with Crippen molar-refractivity contribution < 1.29 is 9.32 Å². The molecule has 1 aliphatic rings. The zero-order chi connectivity index (χ0) is 15.9. The Labute approximate surface area is 148 Å². The molecular weight excluding hydrogens is 336 g/mol. The maximum absolute atomic E-state index is 5.98. The fourth-order valence-corrected chi connectivity index (χ4v) is 5.46. The summed E-state index contributed by atoms with van der Waals surface area (Å²) >= 11 is 3.74. The minimum absolute atomic E-state index is 0.398. The Morgan fingerprint density at radius 2 is 2.04 bits per heavy atom. The molecule has 5 heteroatoms. The lowest BCUT2D eigenvalue weighted by Crippen LogP contribution is -3.12. The molecule has 0 aliphatic carbocycles. The molecule has 0 amide bonds. The van der Waals surface area contributed by atoms with E-state index in [-0.39, 0.29) is 0 Å². The van der Waals surface area contributed by atoms with Crippen LogP contribution in [-0.4, -0.2) is 11.5 Å². The quantitative estimate of drug-likeness (QED) is 0.609. The van der Waals surface area contributed by atoms with Gasteiger partial charge in [-0.25, -0.2) is 4.98 Å². The van der Waals surface area contributed by atoms with Crippen LogP contribution >= 0.6 is 22.7 Å². The van der Waals surface area contributed by atoms with Gasteiger partial charge in [0.05, 0.1) is 11.4 Å². The summed E-state index contributed by atoms with van der Waals surface area (Å²) in [7, 11) is 0. The molecule has 0 saturated carbocycles. The minimum atomic E-state index is 0.398. The summed E-state index contributed by atoms with van der Waals surface area (Å²) in [4.78, 5) is 9.18. The summed E-state index contributed by atoms with van der Waals surface area (Å²) in [5, 5.41) is 4.40. The number of aromatic nitrogens is 1. The first-order valence-corrected chi connectivity index (χ1v) is 9.93. The maximum Gasteiger partial charge on any atom is 0.251 e. The molecule has 4 heterocycles. The van der Waals surface area contributed by atoms with Crippen molar-refractivity contribution in [1.82, 2.24) is 4.98 Å². The van der Waals surface area contributed by atoms with Crippen molar-refractivity contribution >= 4 is 33.8 Å². The number of nitrogens with one attached hydrogen (secondary N) is 1. The van der Waals surface area contributed by atoms with Gasteiger partial charge in [-0.05, 0) is 35.0 Å². The van der Waals surface area contributed by atoms with Gasteiger partial charge in [0.25, 0.3) is 5.89 Å². The predicted molar refractivity (Wildman–Crippen MR) is 97.7 cm³/mol. The topological polar surface area (TPSA) is 30.5 Å². The third-order valence-electron chi connectivity index (χ3n) is 4.72. The zero-order valence-electron chi connectivity index (χ0n) is 13.1. The molecule has 0 fully saturated rings. The van der Waals surface area contributed by atoms with Crippen LogP contribution < -0.4 is 4.90 Å². The van der Waals surface area contributed by atoms with E-state index in [4.69, 9.17) is 4.42 Å². The smallest absolute Gasteiger partial charge is 0.251 e. The van der Waals surface area contributed by atoms with E-state index in [1.807, 2.05) is 46.9 Å². The lowest BCUT2D eigenvalue weighted by Gasteiger charge is -2.31. The van der Waals surface area contributed by atoms with Crippen molar-refractivity contribution in [3.8, 4) is 0 Å². The number of nitrogens with zero attached hydrogens (tertiary/aromatic N) is 1. The predicted octanol–water partition coefficient (Wildman–Crippen LogP) is 3.68. The molecule has 1 N–H and O–H groups in total. The summed E-state index contributed by atoms with van der Waals surface area (Å²) < 4.78 is 5.98. The Morgan fingerprint density at radius 1 is 1.08 bits per heavy atom. The van der Waals surface area contributed by atoms with Crippen molar-refractivity contribution in [1.29, 1.82) is 0 Å². The monoisotopic (exact) mass is 353 g/mol. The molecular formula is C19H17N2OS2+. The fraction of sp³-hybridized carbons (Fsp3) is 0.211. The van der Waals surface area contributed by atoms with Crippen LogP contribution in [0.2, 0.25) is 0 Å². The van der Waals surface area contributed by atoms with Gasteiger partial charge in [0, 0.05) is 16.9 Å². The Kier molecular flexibility index (Phi) is 3.51. The number of oxazole rings is 1. The van der Waals surface area contributed by atoms with Gasteiger partial charge >= 0.3 is 0 Å². The van der Waals surface area contributed by atoms with Gasteiger partial charge in [-0.2, -0.15) is 0 Å². The van der Waals surface area contributed by atoms with Crippen molar-refractivity contribution in [2.24, 2.45) is 0 Å². The number of quaternary nitrogens is 1. The highest BCUT2D eigenvalue weighted by Gasteiger charge is 2.34. The van der Waals surface area contributed by atoms with Gasteiger partial charge in [0.15, 0.2) is 12.1 Å². The molecule has 3 nitrogen and oxygen atoms in total. The van der Waals surface area contributed by atoms with Crippen molar-refractivity contribution in [2.75, 3.05) is 6.54 Å². The Morgan fingerprint density at radius 3 is 2.92 bits per heavy atom. The summed E-state index contributed by atoms with van der Waals surface area (Å²) in [5.41, 5.74) is 3.32. The van der Waals surface area contributed by atoms with Gasteiger partial charge < -0.3 is 9.32 Å². The van der Waals surface area contributed by atoms with E-state index >= 15 is 0 Å². The molecule has 24 heavy (non-hydrogen) atoms. The van der Waals surface area contributed by atoms with Gasteiger partial charge in [-0.1, -0.05) is 18.2 Å². The number of para-hydroxylation sites is 2. The number of hydrogen-bond donors (Lipinski definition) is 1. The van der Waals surface area contributed by atoms with Crippen molar-refractivity contribution in [3.05, 3.63) is 74.4 Å². The van der Waals surface area contributed by atoms with Crippen LogP contribution in [0.15, 0.2) is 57.6 Å². The molecule has 2 atom stereocenters. The highest BCUT2D eigenvalue weighted by molar-refractivity contribution is 7.10. The van der Waals surface area contributed by atoms with Gasteiger partial charge in [-0.3, -0.25) is 0 Å². The normalized spacial score (nSPS) is 20.3.